The Balaban J connectivity index is 0. The molecule has 5 aromatic rings. The molecule has 29 heavy (non-hydrogen) atoms. The average Bonchev–Trinajstić information content (AvgIpc) is 3.41. The molecular weight excluding hydrogens is 400 g/mol. The van der Waals surface area contributed by atoms with Gasteiger partial charge in [-0.3, -0.25) is 0 Å². The van der Waals surface area contributed by atoms with Gasteiger partial charge in [-0.25, -0.2) is 0 Å². The molecular formula is C27H28SiTi-6. The van der Waals surface area contributed by atoms with Crippen LogP contribution in [0.1, 0.15) is 0 Å². The van der Waals surface area contributed by atoms with Gasteiger partial charge in [-0.1, -0.05) is 12.1 Å². The Morgan fingerprint density at radius 1 is 0.552 bits per heavy atom. The van der Waals surface area contributed by atoms with Gasteiger partial charge in [-0.15, -0.1) is 59.3 Å². The zero-order chi connectivity index (χ0) is 18.5. The summed E-state index contributed by atoms with van der Waals surface area (Å²) in [4.78, 5) is 0. The predicted molar refractivity (Wildman–Crippen MR) is 129 cm³/mol. The van der Waals surface area contributed by atoms with Crippen molar-refractivity contribution in [3.8, 4) is 0 Å². The van der Waals surface area contributed by atoms with Gasteiger partial charge >= 0.3 is 26.8 Å². The van der Waals surface area contributed by atoms with E-state index in [1.165, 1.54) is 21.5 Å². The van der Waals surface area contributed by atoms with Crippen LogP contribution in [-0.2, 0) is 19.2 Å². The third-order valence-electron chi connectivity index (χ3n) is 3.70. The normalized spacial score (nSPS) is 8.10. The third kappa shape index (κ3) is 10.2. The maximum absolute atomic E-state index is 2.97. The van der Waals surface area contributed by atoms with E-state index in [0.717, 1.165) is 0 Å². The topological polar surface area (TPSA) is 0 Å². The van der Waals surface area contributed by atoms with Gasteiger partial charge in [0.25, 0.3) is 0 Å². The van der Waals surface area contributed by atoms with Crippen LogP contribution in [0.15, 0.2) is 115 Å². The van der Waals surface area contributed by atoms with Gasteiger partial charge in [-0.05, 0) is 0 Å². The smallest absolute Gasteiger partial charge is 0.0809 e. The Bertz CT molecular complexity index is 830. The van der Waals surface area contributed by atoms with Crippen molar-refractivity contribution < 1.29 is 19.2 Å². The Morgan fingerprint density at radius 3 is 1.28 bits per heavy atom. The fourth-order valence-corrected chi connectivity index (χ4v) is 2.48. The molecule has 0 aliphatic rings. The van der Waals surface area contributed by atoms with Crippen LogP contribution in [0.5, 0.6) is 0 Å². The largest absolute Gasteiger partial charge is 0.184 e. The molecule has 0 aliphatic carbocycles. The van der Waals surface area contributed by atoms with E-state index in [2.05, 4.69) is 98.6 Å². The molecule has 150 valence electrons. The van der Waals surface area contributed by atoms with Gasteiger partial charge in [-0.2, -0.15) is 71.4 Å². The second-order valence-electron chi connectivity index (χ2n) is 5.39. The molecule has 0 atom stereocenters. The monoisotopic (exact) mass is 428 g/mol. The predicted octanol–water partition coefficient (Wildman–Crippen LogP) is 7.57. The Labute approximate surface area is 191 Å². The SMILES string of the molecule is [CH3-].[CH3-].[CH3-].[Si]=[Ti].[c-]1ccccc1.c1ccc2[cH-]ccc2c1.c1ccc2[cH-]ccc2c1. The Kier molecular flexibility index (Phi) is 17.9. The van der Waals surface area contributed by atoms with Crippen molar-refractivity contribution in [3.05, 3.63) is 144 Å². The fraction of sp³-hybridized carbons (Fsp3) is 0. The summed E-state index contributed by atoms with van der Waals surface area (Å²) in [7, 11) is 2.97. The van der Waals surface area contributed by atoms with Crippen molar-refractivity contribution in [2.45, 2.75) is 0 Å². The van der Waals surface area contributed by atoms with Crippen LogP contribution in [0, 0.1) is 28.3 Å². The van der Waals surface area contributed by atoms with E-state index >= 15 is 0 Å². The van der Waals surface area contributed by atoms with Gasteiger partial charge in [0.05, 0.1) is 0 Å². The Morgan fingerprint density at radius 2 is 0.966 bits per heavy atom. The van der Waals surface area contributed by atoms with E-state index in [1.54, 1.807) is 19.2 Å². The molecule has 5 rings (SSSR count). The first-order valence-corrected chi connectivity index (χ1v) is 11.1. The molecule has 0 fully saturated rings. The number of hydrogen-bond donors (Lipinski definition) is 0. The summed E-state index contributed by atoms with van der Waals surface area (Å²) in [6.07, 6.45) is 0. The van der Waals surface area contributed by atoms with Crippen LogP contribution in [0.2, 0.25) is 0 Å². The fourth-order valence-electron chi connectivity index (χ4n) is 2.48. The average molecular weight is 428 g/mol. The third-order valence-corrected chi connectivity index (χ3v) is 3.70. The molecule has 0 aliphatic heterocycles. The van der Waals surface area contributed by atoms with Crippen molar-refractivity contribution in [1.29, 1.82) is 0 Å². The molecule has 0 heterocycles. The number of rotatable bonds is 0. The Hall–Kier alpha value is -2.19. The van der Waals surface area contributed by atoms with E-state index in [-0.39, 0.29) is 22.3 Å². The number of fused-ring (bicyclic) bond motifs is 2. The number of hydrogen-bond acceptors (Lipinski definition) is 0. The van der Waals surface area contributed by atoms with Crippen molar-refractivity contribution in [3.63, 3.8) is 0 Å². The summed E-state index contributed by atoms with van der Waals surface area (Å²) >= 11 is 1.81. The minimum Gasteiger partial charge on any atom is -0.184 e. The molecule has 2 heteroatoms. The van der Waals surface area contributed by atoms with Gasteiger partial charge in [0, 0.05) is 0 Å². The molecule has 0 saturated heterocycles. The van der Waals surface area contributed by atoms with Gasteiger partial charge in [0.15, 0.2) is 0 Å². The maximum atomic E-state index is 2.97. The summed E-state index contributed by atoms with van der Waals surface area (Å²) < 4.78 is 0. The second kappa shape index (κ2) is 17.9. The molecule has 0 bridgehead atoms. The summed E-state index contributed by atoms with van der Waals surface area (Å²) in [5.41, 5.74) is 0. The van der Waals surface area contributed by atoms with Crippen molar-refractivity contribution in [2.75, 3.05) is 0 Å². The van der Waals surface area contributed by atoms with Gasteiger partial charge in [0.2, 0.25) is 0 Å². The van der Waals surface area contributed by atoms with Crippen LogP contribution >= 0.6 is 0 Å². The van der Waals surface area contributed by atoms with Crippen molar-refractivity contribution >= 4 is 29.2 Å². The van der Waals surface area contributed by atoms with Crippen molar-refractivity contribution in [1.82, 2.24) is 0 Å². The molecule has 0 N–H and O–H groups in total. The van der Waals surface area contributed by atoms with Crippen LogP contribution in [0.25, 0.3) is 21.5 Å². The maximum Gasteiger partial charge on any atom is -0.0809 e. The second-order valence-corrected chi connectivity index (χ2v) is 5.39. The zero-order valence-corrected chi connectivity index (χ0v) is 20.0. The molecule has 0 aromatic heterocycles. The quantitative estimate of drug-likeness (QED) is 0.176. The summed E-state index contributed by atoms with van der Waals surface area (Å²) in [6, 6.07) is 41.8. The van der Waals surface area contributed by atoms with E-state index in [9.17, 15) is 0 Å². The summed E-state index contributed by atoms with van der Waals surface area (Å²) in [5, 5.41) is 5.32. The first-order valence-electron chi connectivity index (χ1n) is 8.30. The minimum atomic E-state index is 0. The van der Waals surface area contributed by atoms with Crippen LogP contribution in [0.3, 0.4) is 0 Å². The standard InChI is InChI=1S/2C9H7.C6H5.3CH3.Si.Ti/c2*1-2-5-9-7-3-6-8(9)4-1;1-2-4-6-5-3-1;;;;;/h2*1-7H;1-5H;3*1H3;;/q6*-1;;. The zero-order valence-electron chi connectivity index (χ0n) is 17.5. The number of benzene rings is 3. The minimum absolute atomic E-state index is 0. The van der Waals surface area contributed by atoms with Crippen LogP contribution < -0.4 is 0 Å². The molecule has 0 nitrogen and oxygen atoms in total. The van der Waals surface area contributed by atoms with Crippen LogP contribution in [-0.4, -0.2) is 7.63 Å². The summed E-state index contributed by atoms with van der Waals surface area (Å²) in [6.45, 7) is 0. The van der Waals surface area contributed by atoms with Gasteiger partial charge in [0.1, 0.15) is 0 Å². The first-order chi connectivity index (χ1) is 12.9. The molecule has 2 radical (unpaired) electrons. The van der Waals surface area contributed by atoms with E-state index in [1.807, 2.05) is 30.3 Å². The molecule has 0 saturated carbocycles. The van der Waals surface area contributed by atoms with E-state index < -0.39 is 0 Å². The summed E-state index contributed by atoms with van der Waals surface area (Å²) in [5.74, 6) is 0. The van der Waals surface area contributed by atoms with E-state index in [0.29, 0.717) is 0 Å². The molecule has 5 aromatic carbocycles. The molecule has 0 spiro atoms. The molecule has 0 amide bonds. The molecule has 0 unspecified atom stereocenters. The van der Waals surface area contributed by atoms with Gasteiger partial charge < -0.3 is 22.3 Å². The first kappa shape index (κ1) is 29.0. The van der Waals surface area contributed by atoms with Crippen LogP contribution in [0.4, 0.5) is 0 Å². The van der Waals surface area contributed by atoms with Crippen molar-refractivity contribution in [2.24, 2.45) is 0 Å². The van der Waals surface area contributed by atoms with E-state index in [4.69, 9.17) is 0 Å².